The number of hydrogen-bond acceptors (Lipinski definition) is 4. The highest BCUT2D eigenvalue weighted by atomic mass is 35.5. The smallest absolute Gasteiger partial charge is 0.255 e. The van der Waals surface area contributed by atoms with Crippen LogP contribution in [0.3, 0.4) is 0 Å². The molecule has 0 spiro atoms. The molecule has 0 atom stereocenters. The lowest BCUT2D eigenvalue weighted by Crippen LogP contribution is -2.46. The molecule has 102 valence electrons. The average Bonchev–Trinajstić information content (AvgIpc) is 2.80. The Balaban J connectivity index is 0.00000133. The molecule has 0 aromatic carbocycles. The number of carbonyl (C=O) groups is 1. The van der Waals surface area contributed by atoms with Gasteiger partial charge in [-0.3, -0.25) is 9.20 Å². The molecule has 2 aromatic rings. The number of amides is 1. The van der Waals surface area contributed by atoms with Crippen molar-refractivity contribution >= 4 is 24.0 Å². The number of aromatic nitrogens is 3. The van der Waals surface area contributed by atoms with Crippen molar-refractivity contribution < 1.29 is 4.79 Å². The van der Waals surface area contributed by atoms with Gasteiger partial charge in [-0.15, -0.1) is 22.6 Å². The number of hydrogen-bond donors (Lipinski definition) is 1. The first-order chi connectivity index (χ1) is 8.75. The third-order valence-corrected chi connectivity index (χ3v) is 3.22. The molecule has 2 aromatic heterocycles. The number of rotatable bonds is 1. The Labute approximate surface area is 117 Å². The van der Waals surface area contributed by atoms with Crippen molar-refractivity contribution in [3.8, 4) is 0 Å². The van der Waals surface area contributed by atoms with E-state index < -0.39 is 0 Å². The molecule has 3 rings (SSSR count). The van der Waals surface area contributed by atoms with Gasteiger partial charge in [0.15, 0.2) is 5.65 Å². The van der Waals surface area contributed by atoms with Crippen LogP contribution in [0, 0.1) is 6.92 Å². The van der Waals surface area contributed by atoms with Crippen LogP contribution in [-0.2, 0) is 0 Å². The number of nitrogens with zero attached hydrogens (tertiary/aromatic N) is 4. The van der Waals surface area contributed by atoms with Crippen LogP contribution in [0.2, 0.25) is 0 Å². The largest absolute Gasteiger partial charge is 0.336 e. The Morgan fingerprint density at radius 1 is 1.26 bits per heavy atom. The predicted molar refractivity (Wildman–Crippen MR) is 73.7 cm³/mol. The minimum Gasteiger partial charge on any atom is -0.336 e. The number of fused-ring (bicyclic) bond motifs is 1. The van der Waals surface area contributed by atoms with E-state index in [4.69, 9.17) is 0 Å². The van der Waals surface area contributed by atoms with Crippen LogP contribution in [0.5, 0.6) is 0 Å². The molecule has 1 aliphatic heterocycles. The molecule has 1 aliphatic rings. The summed E-state index contributed by atoms with van der Waals surface area (Å²) < 4.78 is 1.84. The van der Waals surface area contributed by atoms with E-state index in [0.29, 0.717) is 5.56 Å². The molecule has 6 nitrogen and oxygen atoms in total. The predicted octanol–water partition coefficient (Wildman–Crippen LogP) is 0.505. The topological polar surface area (TPSA) is 62.5 Å². The highest BCUT2D eigenvalue weighted by molar-refractivity contribution is 5.94. The molecular formula is C12H16ClN5O. The molecule has 0 aliphatic carbocycles. The second-order valence-corrected chi connectivity index (χ2v) is 4.44. The van der Waals surface area contributed by atoms with Crippen LogP contribution in [0.25, 0.3) is 5.65 Å². The first-order valence-electron chi connectivity index (χ1n) is 6.07. The zero-order valence-electron chi connectivity index (χ0n) is 10.7. The third kappa shape index (κ3) is 2.54. The van der Waals surface area contributed by atoms with E-state index in [1.807, 2.05) is 34.6 Å². The zero-order chi connectivity index (χ0) is 12.5. The molecule has 7 heteroatoms. The summed E-state index contributed by atoms with van der Waals surface area (Å²) in [7, 11) is 0. The monoisotopic (exact) mass is 281 g/mol. The third-order valence-electron chi connectivity index (χ3n) is 3.22. The Kier molecular flexibility index (Phi) is 4.01. The zero-order valence-corrected chi connectivity index (χ0v) is 11.5. The van der Waals surface area contributed by atoms with Gasteiger partial charge < -0.3 is 10.2 Å². The van der Waals surface area contributed by atoms with Crippen molar-refractivity contribution in [2.75, 3.05) is 26.2 Å². The highest BCUT2D eigenvalue weighted by Gasteiger charge is 2.18. The molecule has 1 saturated heterocycles. The van der Waals surface area contributed by atoms with Gasteiger partial charge in [-0.05, 0) is 19.1 Å². The number of halogens is 1. The van der Waals surface area contributed by atoms with E-state index in [9.17, 15) is 4.79 Å². The average molecular weight is 282 g/mol. The van der Waals surface area contributed by atoms with E-state index in [2.05, 4.69) is 15.5 Å². The summed E-state index contributed by atoms with van der Waals surface area (Å²) in [5.41, 5.74) is 1.46. The molecule has 0 bridgehead atoms. The van der Waals surface area contributed by atoms with E-state index in [1.165, 1.54) is 0 Å². The van der Waals surface area contributed by atoms with Crippen molar-refractivity contribution in [3.05, 3.63) is 29.7 Å². The number of carbonyl (C=O) groups excluding carboxylic acids is 1. The molecule has 1 N–H and O–H groups in total. The standard InChI is InChI=1S/C12H15N5O.ClH/c1-9-14-15-11-3-2-10(8-17(9)11)12(18)16-6-4-13-5-7-16;/h2-3,8,13H,4-7H2,1H3;1H. The Bertz CT molecular complexity index is 591. The van der Waals surface area contributed by atoms with Crippen LogP contribution in [-0.4, -0.2) is 51.6 Å². The number of aryl methyl sites for hydroxylation is 1. The fourth-order valence-electron chi connectivity index (χ4n) is 2.18. The molecule has 0 saturated carbocycles. The van der Waals surface area contributed by atoms with Crippen molar-refractivity contribution in [1.29, 1.82) is 0 Å². The fourth-order valence-corrected chi connectivity index (χ4v) is 2.18. The van der Waals surface area contributed by atoms with Gasteiger partial charge in [0, 0.05) is 32.4 Å². The van der Waals surface area contributed by atoms with E-state index in [0.717, 1.165) is 37.7 Å². The highest BCUT2D eigenvalue weighted by Crippen LogP contribution is 2.09. The maximum absolute atomic E-state index is 12.3. The summed E-state index contributed by atoms with van der Waals surface area (Å²) >= 11 is 0. The Morgan fingerprint density at radius 3 is 2.74 bits per heavy atom. The quantitative estimate of drug-likeness (QED) is 0.827. The Morgan fingerprint density at radius 2 is 2.00 bits per heavy atom. The summed E-state index contributed by atoms with van der Waals surface area (Å²) in [6.07, 6.45) is 1.81. The molecule has 1 fully saturated rings. The normalized spacial score (nSPS) is 15.3. The lowest BCUT2D eigenvalue weighted by Gasteiger charge is -2.27. The number of pyridine rings is 1. The SMILES string of the molecule is Cc1nnc2ccc(C(=O)N3CCNCC3)cn12.Cl. The maximum atomic E-state index is 12.3. The maximum Gasteiger partial charge on any atom is 0.255 e. The van der Waals surface area contributed by atoms with Gasteiger partial charge in [0.25, 0.3) is 5.91 Å². The minimum atomic E-state index is 0. The van der Waals surface area contributed by atoms with E-state index >= 15 is 0 Å². The molecule has 1 amide bonds. The molecule has 0 unspecified atom stereocenters. The van der Waals surface area contributed by atoms with Crippen molar-refractivity contribution in [2.45, 2.75) is 6.92 Å². The summed E-state index contributed by atoms with van der Waals surface area (Å²) in [4.78, 5) is 14.2. The van der Waals surface area contributed by atoms with Gasteiger partial charge in [0.1, 0.15) is 5.82 Å². The second-order valence-electron chi connectivity index (χ2n) is 4.44. The lowest BCUT2D eigenvalue weighted by molar-refractivity contribution is 0.0735. The van der Waals surface area contributed by atoms with Gasteiger partial charge in [-0.25, -0.2) is 0 Å². The van der Waals surface area contributed by atoms with Crippen molar-refractivity contribution in [2.24, 2.45) is 0 Å². The molecular weight excluding hydrogens is 266 g/mol. The van der Waals surface area contributed by atoms with Crippen LogP contribution in [0.1, 0.15) is 16.2 Å². The van der Waals surface area contributed by atoms with Gasteiger partial charge in [0.05, 0.1) is 5.56 Å². The van der Waals surface area contributed by atoms with Gasteiger partial charge >= 0.3 is 0 Å². The van der Waals surface area contributed by atoms with Crippen molar-refractivity contribution in [1.82, 2.24) is 24.8 Å². The van der Waals surface area contributed by atoms with Crippen LogP contribution < -0.4 is 5.32 Å². The number of nitrogens with one attached hydrogen (secondary N) is 1. The summed E-state index contributed by atoms with van der Waals surface area (Å²) in [6.45, 7) is 5.12. The van der Waals surface area contributed by atoms with Gasteiger partial charge in [-0.2, -0.15) is 0 Å². The van der Waals surface area contributed by atoms with Crippen LogP contribution in [0.15, 0.2) is 18.3 Å². The summed E-state index contributed by atoms with van der Waals surface area (Å²) in [6, 6.07) is 3.64. The van der Waals surface area contributed by atoms with Crippen LogP contribution >= 0.6 is 12.4 Å². The molecule has 3 heterocycles. The summed E-state index contributed by atoms with van der Waals surface area (Å²) in [5.74, 6) is 0.867. The molecule has 0 radical (unpaired) electrons. The van der Waals surface area contributed by atoms with E-state index in [1.54, 1.807) is 0 Å². The van der Waals surface area contributed by atoms with Gasteiger partial charge in [0.2, 0.25) is 0 Å². The summed E-state index contributed by atoms with van der Waals surface area (Å²) in [5, 5.41) is 11.2. The first-order valence-corrected chi connectivity index (χ1v) is 6.07. The second kappa shape index (κ2) is 5.54. The van der Waals surface area contributed by atoms with E-state index in [-0.39, 0.29) is 18.3 Å². The number of piperazine rings is 1. The van der Waals surface area contributed by atoms with Crippen LogP contribution in [0.4, 0.5) is 0 Å². The Hall–Kier alpha value is -1.66. The first kappa shape index (κ1) is 13.8. The van der Waals surface area contributed by atoms with Gasteiger partial charge in [-0.1, -0.05) is 0 Å². The van der Waals surface area contributed by atoms with Crippen molar-refractivity contribution in [3.63, 3.8) is 0 Å². The lowest BCUT2D eigenvalue weighted by atomic mass is 10.2. The molecule has 19 heavy (non-hydrogen) atoms. The fraction of sp³-hybridized carbons (Fsp3) is 0.417. The minimum absolute atomic E-state index is 0.